The first-order chi connectivity index (χ1) is 8.59. The van der Waals surface area contributed by atoms with Crippen LogP contribution in [0.5, 0.6) is 5.75 Å². The van der Waals surface area contributed by atoms with Crippen LogP contribution in [0.4, 0.5) is 5.69 Å². The van der Waals surface area contributed by atoms with Crippen LogP contribution in [0.2, 0.25) is 0 Å². The molecule has 0 fully saturated rings. The zero-order valence-corrected chi connectivity index (χ0v) is 10.9. The minimum Gasteiger partial charge on any atom is -0.507 e. The maximum atomic E-state index is 9.92. The number of nitrogens with zero attached hydrogens (tertiary/aromatic N) is 1. The third-order valence-corrected chi connectivity index (χ3v) is 3.19. The molecule has 2 rings (SSSR count). The topological polar surface area (TPSA) is 45.2 Å². The number of aromatic nitrogens is 1. The van der Waals surface area contributed by atoms with Crippen LogP contribution in [0.1, 0.15) is 29.7 Å². The van der Waals surface area contributed by atoms with Crippen molar-refractivity contribution in [1.82, 2.24) is 4.98 Å². The molecule has 18 heavy (non-hydrogen) atoms. The van der Waals surface area contributed by atoms with Crippen LogP contribution in [0.3, 0.4) is 0 Å². The highest BCUT2D eigenvalue weighted by Gasteiger charge is 2.10. The lowest BCUT2D eigenvalue weighted by Crippen LogP contribution is -2.08. The molecule has 0 radical (unpaired) electrons. The Morgan fingerprint density at radius 2 is 2.00 bits per heavy atom. The van der Waals surface area contributed by atoms with Gasteiger partial charge in [-0.15, -0.1) is 0 Å². The summed E-state index contributed by atoms with van der Waals surface area (Å²) in [4.78, 5) is 4.11. The molecule has 3 nitrogen and oxygen atoms in total. The van der Waals surface area contributed by atoms with Crippen molar-refractivity contribution >= 4 is 5.69 Å². The molecule has 2 aromatic rings. The Labute approximate surface area is 108 Å². The SMILES string of the molecule is Cc1ccc(NC(C)c2cccnc2)c(C)c1O. The molecule has 1 aromatic carbocycles. The average Bonchev–Trinajstić information content (AvgIpc) is 2.40. The van der Waals surface area contributed by atoms with Crippen molar-refractivity contribution in [2.75, 3.05) is 5.32 Å². The van der Waals surface area contributed by atoms with Gasteiger partial charge in [-0.05, 0) is 44.0 Å². The van der Waals surface area contributed by atoms with Gasteiger partial charge in [-0.1, -0.05) is 12.1 Å². The lowest BCUT2D eigenvalue weighted by molar-refractivity contribution is 0.467. The predicted molar refractivity (Wildman–Crippen MR) is 73.9 cm³/mol. The quantitative estimate of drug-likeness (QED) is 0.864. The fourth-order valence-corrected chi connectivity index (χ4v) is 1.94. The number of benzene rings is 1. The molecular formula is C15H18N2O. The van der Waals surface area contributed by atoms with Crippen molar-refractivity contribution in [3.8, 4) is 5.75 Å². The number of phenols is 1. The van der Waals surface area contributed by atoms with Crippen LogP contribution in [0.15, 0.2) is 36.7 Å². The first-order valence-electron chi connectivity index (χ1n) is 6.05. The largest absolute Gasteiger partial charge is 0.507 e. The number of anilines is 1. The van der Waals surface area contributed by atoms with E-state index in [1.165, 1.54) is 0 Å². The van der Waals surface area contributed by atoms with E-state index < -0.39 is 0 Å². The molecule has 1 heterocycles. The second-order valence-electron chi connectivity index (χ2n) is 4.56. The van der Waals surface area contributed by atoms with E-state index >= 15 is 0 Å². The Morgan fingerprint density at radius 1 is 1.22 bits per heavy atom. The van der Waals surface area contributed by atoms with E-state index in [1.54, 1.807) is 6.20 Å². The second-order valence-corrected chi connectivity index (χ2v) is 4.56. The van der Waals surface area contributed by atoms with Gasteiger partial charge in [0.1, 0.15) is 5.75 Å². The van der Waals surface area contributed by atoms with Crippen LogP contribution in [0.25, 0.3) is 0 Å². The third-order valence-electron chi connectivity index (χ3n) is 3.19. The van der Waals surface area contributed by atoms with Gasteiger partial charge in [-0.25, -0.2) is 0 Å². The monoisotopic (exact) mass is 242 g/mol. The molecule has 0 saturated heterocycles. The van der Waals surface area contributed by atoms with Crippen LogP contribution in [-0.2, 0) is 0 Å². The highest BCUT2D eigenvalue weighted by atomic mass is 16.3. The average molecular weight is 242 g/mol. The number of nitrogens with one attached hydrogen (secondary N) is 1. The molecule has 3 heteroatoms. The molecule has 2 N–H and O–H groups in total. The van der Waals surface area contributed by atoms with Crippen molar-refractivity contribution in [3.63, 3.8) is 0 Å². The van der Waals surface area contributed by atoms with E-state index in [1.807, 2.05) is 44.3 Å². The molecule has 1 atom stereocenters. The third kappa shape index (κ3) is 2.45. The Kier molecular flexibility index (Phi) is 3.51. The maximum Gasteiger partial charge on any atom is 0.123 e. The van der Waals surface area contributed by atoms with Gasteiger partial charge in [-0.3, -0.25) is 4.98 Å². The van der Waals surface area contributed by atoms with Gasteiger partial charge in [0.25, 0.3) is 0 Å². The molecule has 0 aliphatic rings. The fraction of sp³-hybridized carbons (Fsp3) is 0.267. The minimum atomic E-state index is 0.152. The molecule has 0 spiro atoms. The van der Waals surface area contributed by atoms with Gasteiger partial charge >= 0.3 is 0 Å². The Balaban J connectivity index is 2.22. The molecule has 0 bridgehead atoms. The zero-order valence-electron chi connectivity index (χ0n) is 10.9. The Bertz CT molecular complexity index is 538. The molecule has 0 saturated carbocycles. The van der Waals surface area contributed by atoms with Gasteiger partial charge in [0.2, 0.25) is 0 Å². The summed E-state index contributed by atoms with van der Waals surface area (Å²) < 4.78 is 0. The summed E-state index contributed by atoms with van der Waals surface area (Å²) in [6, 6.07) is 8.03. The number of rotatable bonds is 3. The number of hydrogen-bond acceptors (Lipinski definition) is 3. The van der Waals surface area contributed by atoms with Crippen molar-refractivity contribution < 1.29 is 5.11 Å². The maximum absolute atomic E-state index is 9.92. The number of phenolic OH excluding ortho intramolecular Hbond substituents is 1. The summed E-state index contributed by atoms with van der Waals surface area (Å²) in [5.74, 6) is 0.360. The van der Waals surface area contributed by atoms with Crippen molar-refractivity contribution in [2.45, 2.75) is 26.8 Å². The van der Waals surface area contributed by atoms with E-state index in [2.05, 4.69) is 17.2 Å². The van der Waals surface area contributed by atoms with Crippen LogP contribution in [0, 0.1) is 13.8 Å². The first-order valence-corrected chi connectivity index (χ1v) is 6.05. The number of aromatic hydroxyl groups is 1. The summed E-state index contributed by atoms with van der Waals surface area (Å²) in [6.07, 6.45) is 3.61. The van der Waals surface area contributed by atoms with Crippen LogP contribution in [-0.4, -0.2) is 10.1 Å². The van der Waals surface area contributed by atoms with E-state index in [-0.39, 0.29) is 6.04 Å². The Hall–Kier alpha value is -2.03. The van der Waals surface area contributed by atoms with Gasteiger partial charge in [0.15, 0.2) is 0 Å². The second kappa shape index (κ2) is 5.08. The normalized spacial score (nSPS) is 12.2. The number of aryl methyl sites for hydroxylation is 1. The molecule has 0 aliphatic carbocycles. The summed E-state index contributed by atoms with van der Waals surface area (Å²) in [6.45, 7) is 5.89. The van der Waals surface area contributed by atoms with Gasteiger partial charge < -0.3 is 10.4 Å². The van der Waals surface area contributed by atoms with Gasteiger partial charge in [-0.2, -0.15) is 0 Å². The summed E-state index contributed by atoms with van der Waals surface area (Å²) in [5.41, 5.74) is 3.85. The highest BCUT2D eigenvalue weighted by Crippen LogP contribution is 2.30. The predicted octanol–water partition coefficient (Wildman–Crippen LogP) is 3.58. The number of pyridine rings is 1. The molecule has 0 amide bonds. The lowest BCUT2D eigenvalue weighted by Gasteiger charge is -2.18. The number of hydrogen-bond donors (Lipinski definition) is 2. The van der Waals surface area contributed by atoms with Crippen LogP contribution >= 0.6 is 0 Å². The summed E-state index contributed by atoms with van der Waals surface area (Å²) >= 11 is 0. The molecule has 1 aromatic heterocycles. The van der Waals surface area contributed by atoms with E-state index in [0.717, 1.165) is 22.4 Å². The van der Waals surface area contributed by atoms with Crippen LogP contribution < -0.4 is 5.32 Å². The smallest absolute Gasteiger partial charge is 0.123 e. The van der Waals surface area contributed by atoms with Gasteiger partial charge in [0.05, 0.1) is 6.04 Å². The molecule has 1 unspecified atom stereocenters. The van der Waals surface area contributed by atoms with Crippen molar-refractivity contribution in [2.24, 2.45) is 0 Å². The fourth-order valence-electron chi connectivity index (χ4n) is 1.94. The molecular weight excluding hydrogens is 224 g/mol. The van der Waals surface area contributed by atoms with Crippen molar-refractivity contribution in [3.05, 3.63) is 53.3 Å². The highest BCUT2D eigenvalue weighted by molar-refractivity contribution is 5.59. The molecule has 0 aliphatic heterocycles. The van der Waals surface area contributed by atoms with E-state index in [9.17, 15) is 5.11 Å². The Morgan fingerprint density at radius 3 is 2.67 bits per heavy atom. The standard InChI is InChI=1S/C15H18N2O/c1-10-6-7-14(11(2)15(10)18)17-12(3)13-5-4-8-16-9-13/h4-9,12,17-18H,1-3H3. The first kappa shape index (κ1) is 12.4. The minimum absolute atomic E-state index is 0.152. The molecule has 94 valence electrons. The zero-order chi connectivity index (χ0) is 13.1. The summed E-state index contributed by atoms with van der Waals surface area (Å²) in [7, 11) is 0. The van der Waals surface area contributed by atoms with E-state index in [4.69, 9.17) is 0 Å². The van der Waals surface area contributed by atoms with Crippen molar-refractivity contribution in [1.29, 1.82) is 0 Å². The lowest BCUT2D eigenvalue weighted by atomic mass is 10.1. The van der Waals surface area contributed by atoms with Gasteiger partial charge in [0, 0.05) is 23.6 Å². The van der Waals surface area contributed by atoms with E-state index in [0.29, 0.717) is 5.75 Å². The summed E-state index contributed by atoms with van der Waals surface area (Å²) in [5, 5.41) is 13.3.